The summed E-state index contributed by atoms with van der Waals surface area (Å²) >= 11 is 0. The Kier molecular flexibility index (Phi) is 4.11. The maximum atomic E-state index is 3.61. The molecule has 0 atom stereocenters. The maximum Gasteiger partial charge on any atom is 0.0205 e. The van der Waals surface area contributed by atoms with Crippen molar-refractivity contribution in [2.24, 2.45) is 11.3 Å². The molecule has 1 aromatic rings. The van der Waals surface area contributed by atoms with Crippen LogP contribution < -0.4 is 5.32 Å². The van der Waals surface area contributed by atoms with Crippen LogP contribution in [0, 0.1) is 11.3 Å². The van der Waals surface area contributed by atoms with Crippen molar-refractivity contribution in [2.45, 2.75) is 53.5 Å². The second-order valence-electron chi connectivity index (χ2n) is 6.70. The van der Waals surface area contributed by atoms with Crippen molar-refractivity contribution in [3.63, 3.8) is 0 Å². The summed E-state index contributed by atoms with van der Waals surface area (Å²) < 4.78 is 0. The Morgan fingerprint density at radius 2 is 1.89 bits per heavy atom. The lowest BCUT2D eigenvalue weighted by Crippen LogP contribution is -2.33. The van der Waals surface area contributed by atoms with Gasteiger partial charge in [0.05, 0.1) is 0 Å². The largest absolute Gasteiger partial charge is 0.312 e. The molecule has 100 valence electrons. The average Bonchev–Trinajstić information content (AvgIpc) is 2.75. The van der Waals surface area contributed by atoms with Gasteiger partial charge >= 0.3 is 0 Å². The number of aryl methyl sites for hydroxylation is 2. The number of hydrogen-bond donors (Lipinski definition) is 1. The zero-order valence-electron chi connectivity index (χ0n) is 12.3. The van der Waals surface area contributed by atoms with E-state index in [0.29, 0.717) is 11.3 Å². The molecule has 18 heavy (non-hydrogen) atoms. The van der Waals surface area contributed by atoms with Crippen molar-refractivity contribution in [3.8, 4) is 0 Å². The minimum Gasteiger partial charge on any atom is -0.312 e. The van der Waals surface area contributed by atoms with Gasteiger partial charge in [-0.15, -0.1) is 0 Å². The number of nitrogens with one attached hydrogen (secondary N) is 1. The maximum absolute atomic E-state index is 3.61. The van der Waals surface area contributed by atoms with Crippen molar-refractivity contribution in [1.29, 1.82) is 0 Å². The fraction of sp³-hybridized carbons (Fsp3) is 0.647. The van der Waals surface area contributed by atoms with Gasteiger partial charge in [0, 0.05) is 13.1 Å². The van der Waals surface area contributed by atoms with Crippen molar-refractivity contribution < 1.29 is 0 Å². The Morgan fingerprint density at radius 3 is 2.61 bits per heavy atom. The van der Waals surface area contributed by atoms with E-state index in [1.807, 2.05) is 0 Å². The molecule has 0 radical (unpaired) electrons. The van der Waals surface area contributed by atoms with E-state index in [-0.39, 0.29) is 0 Å². The zero-order chi connectivity index (χ0) is 13.2. The molecular formula is C17H27N. The molecule has 1 N–H and O–H groups in total. The highest BCUT2D eigenvalue weighted by molar-refractivity contribution is 5.35. The Hall–Kier alpha value is -0.820. The Balaban J connectivity index is 1.87. The van der Waals surface area contributed by atoms with Gasteiger partial charge in [-0.2, -0.15) is 0 Å². The van der Waals surface area contributed by atoms with E-state index < -0.39 is 0 Å². The second-order valence-corrected chi connectivity index (χ2v) is 6.70. The number of fused-ring (bicyclic) bond motifs is 1. The lowest BCUT2D eigenvalue weighted by atomic mass is 9.81. The molecule has 0 saturated carbocycles. The molecule has 0 spiro atoms. The van der Waals surface area contributed by atoms with Gasteiger partial charge in [0.15, 0.2) is 0 Å². The number of rotatable bonds is 5. The zero-order valence-corrected chi connectivity index (χ0v) is 12.3. The van der Waals surface area contributed by atoms with Crippen LogP contribution in [0.2, 0.25) is 0 Å². The van der Waals surface area contributed by atoms with Crippen LogP contribution in [0.3, 0.4) is 0 Å². The third-order valence-corrected chi connectivity index (χ3v) is 4.64. The van der Waals surface area contributed by atoms with E-state index in [1.165, 1.54) is 24.8 Å². The van der Waals surface area contributed by atoms with E-state index in [2.05, 4.69) is 51.2 Å². The smallest absolute Gasteiger partial charge is 0.0205 e. The first-order valence-electron chi connectivity index (χ1n) is 7.30. The highest BCUT2D eigenvalue weighted by Crippen LogP contribution is 2.25. The molecule has 0 amide bonds. The third-order valence-electron chi connectivity index (χ3n) is 4.64. The Bertz CT molecular complexity index is 404. The normalized spacial score (nSPS) is 15.2. The van der Waals surface area contributed by atoms with Gasteiger partial charge in [0.2, 0.25) is 0 Å². The van der Waals surface area contributed by atoms with Crippen LogP contribution in [0.25, 0.3) is 0 Å². The van der Waals surface area contributed by atoms with Gasteiger partial charge in [-0.3, -0.25) is 0 Å². The summed E-state index contributed by atoms with van der Waals surface area (Å²) in [5.41, 5.74) is 4.96. The summed E-state index contributed by atoms with van der Waals surface area (Å²) in [5.74, 6) is 0.713. The molecule has 0 unspecified atom stereocenters. The lowest BCUT2D eigenvalue weighted by molar-refractivity contribution is 0.238. The summed E-state index contributed by atoms with van der Waals surface area (Å²) in [4.78, 5) is 0. The van der Waals surface area contributed by atoms with Gasteiger partial charge in [-0.05, 0) is 47.3 Å². The van der Waals surface area contributed by atoms with Crippen LogP contribution in [0.4, 0.5) is 0 Å². The minimum absolute atomic E-state index is 0.372. The SMILES string of the molecule is CC(C)C(C)(C)CNCc1ccc2c(c1)CCC2. The third kappa shape index (κ3) is 3.14. The van der Waals surface area contributed by atoms with Crippen LogP contribution in [0.1, 0.15) is 50.8 Å². The van der Waals surface area contributed by atoms with E-state index in [0.717, 1.165) is 13.1 Å². The fourth-order valence-electron chi connectivity index (χ4n) is 2.47. The summed E-state index contributed by atoms with van der Waals surface area (Å²) in [6.07, 6.45) is 3.90. The summed E-state index contributed by atoms with van der Waals surface area (Å²) in [5, 5.41) is 3.61. The van der Waals surface area contributed by atoms with E-state index in [4.69, 9.17) is 0 Å². The molecule has 1 aliphatic carbocycles. The molecule has 0 bridgehead atoms. The molecule has 0 saturated heterocycles. The van der Waals surface area contributed by atoms with E-state index in [1.54, 1.807) is 11.1 Å². The quantitative estimate of drug-likeness (QED) is 0.828. The molecule has 0 fully saturated rings. The van der Waals surface area contributed by atoms with Gasteiger partial charge in [0.1, 0.15) is 0 Å². The predicted molar refractivity (Wildman–Crippen MR) is 78.8 cm³/mol. The second kappa shape index (κ2) is 5.44. The van der Waals surface area contributed by atoms with E-state index >= 15 is 0 Å². The van der Waals surface area contributed by atoms with E-state index in [9.17, 15) is 0 Å². The van der Waals surface area contributed by atoms with Crippen LogP contribution in [-0.4, -0.2) is 6.54 Å². The first kappa shape index (κ1) is 13.6. The lowest BCUT2D eigenvalue weighted by Gasteiger charge is -2.29. The number of benzene rings is 1. The van der Waals surface area contributed by atoms with Gasteiger partial charge in [0.25, 0.3) is 0 Å². The van der Waals surface area contributed by atoms with Crippen molar-refractivity contribution in [2.75, 3.05) is 6.54 Å². The Labute approximate surface area is 112 Å². The molecule has 1 nitrogen and oxygen atoms in total. The number of hydrogen-bond acceptors (Lipinski definition) is 1. The molecule has 0 aliphatic heterocycles. The molecule has 0 heterocycles. The monoisotopic (exact) mass is 245 g/mol. The van der Waals surface area contributed by atoms with Gasteiger partial charge in [-0.1, -0.05) is 45.9 Å². The summed E-state index contributed by atoms with van der Waals surface area (Å²) in [7, 11) is 0. The summed E-state index contributed by atoms with van der Waals surface area (Å²) in [6.45, 7) is 11.4. The highest BCUT2D eigenvalue weighted by Gasteiger charge is 2.21. The fourth-order valence-corrected chi connectivity index (χ4v) is 2.47. The molecule has 2 rings (SSSR count). The topological polar surface area (TPSA) is 12.0 Å². The van der Waals surface area contributed by atoms with Crippen LogP contribution in [0.5, 0.6) is 0 Å². The van der Waals surface area contributed by atoms with Gasteiger partial charge < -0.3 is 5.32 Å². The molecular weight excluding hydrogens is 218 g/mol. The van der Waals surface area contributed by atoms with Crippen molar-refractivity contribution in [1.82, 2.24) is 5.32 Å². The predicted octanol–water partition coefficient (Wildman–Crippen LogP) is 3.95. The first-order valence-corrected chi connectivity index (χ1v) is 7.30. The summed E-state index contributed by atoms with van der Waals surface area (Å²) in [6, 6.07) is 7.02. The van der Waals surface area contributed by atoms with Crippen LogP contribution >= 0.6 is 0 Å². The highest BCUT2D eigenvalue weighted by atomic mass is 14.9. The molecule has 0 aromatic heterocycles. The molecule has 1 aromatic carbocycles. The van der Waals surface area contributed by atoms with Crippen molar-refractivity contribution >= 4 is 0 Å². The van der Waals surface area contributed by atoms with Crippen LogP contribution in [0.15, 0.2) is 18.2 Å². The molecule has 1 aliphatic rings. The Morgan fingerprint density at radius 1 is 1.17 bits per heavy atom. The van der Waals surface area contributed by atoms with Crippen molar-refractivity contribution in [3.05, 3.63) is 34.9 Å². The first-order chi connectivity index (χ1) is 8.49. The van der Waals surface area contributed by atoms with Gasteiger partial charge in [-0.25, -0.2) is 0 Å². The standard InChI is InChI=1S/C17H27N/c1-13(2)17(3,4)12-18-11-14-8-9-15-6-5-7-16(15)10-14/h8-10,13,18H,5-7,11-12H2,1-4H3. The minimum atomic E-state index is 0.372. The van der Waals surface area contributed by atoms with Crippen LogP contribution in [-0.2, 0) is 19.4 Å². The average molecular weight is 245 g/mol. The molecule has 1 heteroatoms.